The van der Waals surface area contributed by atoms with Crippen molar-refractivity contribution < 1.29 is 9.90 Å². The van der Waals surface area contributed by atoms with Crippen LogP contribution in [0.1, 0.15) is 46.0 Å². The van der Waals surface area contributed by atoms with Gasteiger partial charge in [-0.05, 0) is 58.9 Å². The maximum Gasteiger partial charge on any atom is 0.137 e. The van der Waals surface area contributed by atoms with Gasteiger partial charge in [-0.3, -0.25) is 4.79 Å². The summed E-state index contributed by atoms with van der Waals surface area (Å²) in [4.78, 5) is 12.6. The van der Waals surface area contributed by atoms with Gasteiger partial charge in [0.1, 0.15) is 13.6 Å². The Labute approximate surface area is 170 Å². The molecule has 0 aromatic heterocycles. The molecule has 0 saturated heterocycles. The molecule has 3 saturated carbocycles. The number of carbonyl (C=O) groups is 1. The van der Waals surface area contributed by atoms with Crippen LogP contribution in [0, 0.1) is 29.1 Å². The minimum absolute atomic E-state index is 0.00854. The van der Waals surface area contributed by atoms with E-state index in [1.165, 1.54) is 0 Å². The van der Waals surface area contributed by atoms with Crippen molar-refractivity contribution in [2.75, 3.05) is 0 Å². The second kappa shape index (κ2) is 5.67. The monoisotopic (exact) mass is 348 g/mol. The SMILES string of the molecule is [B]C1=C2C([B])([B])CC3C(C(C)CC4(C)C(O)CCC34)C2([B])CC([B])([B])C1=O. The molecule has 0 amide bonds. The third-order valence-corrected chi connectivity index (χ3v) is 8.33. The van der Waals surface area contributed by atoms with E-state index < -0.39 is 21.5 Å². The summed E-state index contributed by atoms with van der Waals surface area (Å²) < 4.78 is 0. The van der Waals surface area contributed by atoms with Crippen LogP contribution in [0.15, 0.2) is 11.0 Å². The molecule has 7 atom stereocenters. The van der Waals surface area contributed by atoms with Gasteiger partial charge in [-0.1, -0.05) is 42.9 Å². The first-order chi connectivity index (χ1) is 12.3. The van der Waals surface area contributed by atoms with E-state index in [9.17, 15) is 9.90 Å². The molecule has 1 N–H and O–H groups in total. The molecule has 0 bridgehead atoms. The first-order valence-electron chi connectivity index (χ1n) is 9.93. The van der Waals surface area contributed by atoms with Crippen LogP contribution in [0.25, 0.3) is 0 Å². The zero-order valence-corrected chi connectivity index (χ0v) is 16.2. The van der Waals surface area contributed by atoms with Gasteiger partial charge >= 0.3 is 0 Å². The summed E-state index contributed by atoms with van der Waals surface area (Å²) in [6.07, 6.45) is 2.77. The van der Waals surface area contributed by atoms with Crippen molar-refractivity contribution in [1.82, 2.24) is 0 Å². The summed E-state index contributed by atoms with van der Waals surface area (Å²) in [5, 5.41) is 6.72. The van der Waals surface area contributed by atoms with Crippen LogP contribution in [0.2, 0.25) is 15.7 Å². The second-order valence-electron chi connectivity index (χ2n) is 10.2. The van der Waals surface area contributed by atoms with Gasteiger partial charge in [0.05, 0.1) is 45.3 Å². The molecule has 4 aliphatic rings. The van der Waals surface area contributed by atoms with Crippen molar-refractivity contribution in [3.8, 4) is 0 Å². The molecule has 3 fully saturated rings. The number of aliphatic hydroxyl groups is 1. The molecule has 4 aliphatic carbocycles. The largest absolute Gasteiger partial charge is 0.393 e. The van der Waals surface area contributed by atoms with E-state index in [4.69, 9.17) is 47.1 Å². The van der Waals surface area contributed by atoms with Crippen molar-refractivity contribution in [2.45, 2.75) is 67.8 Å². The van der Waals surface area contributed by atoms with Crippen molar-refractivity contribution >= 4 is 52.9 Å². The van der Waals surface area contributed by atoms with Crippen LogP contribution < -0.4 is 0 Å². The number of ketones is 1. The normalized spacial score (nSPS) is 50.6. The van der Waals surface area contributed by atoms with Crippen LogP contribution in [0.3, 0.4) is 0 Å². The van der Waals surface area contributed by atoms with Gasteiger partial charge in [0.25, 0.3) is 0 Å². The molecule has 0 aromatic carbocycles. The van der Waals surface area contributed by atoms with E-state index in [1.807, 2.05) is 0 Å². The lowest BCUT2D eigenvalue weighted by Gasteiger charge is -2.67. The molecule has 0 aliphatic heterocycles. The van der Waals surface area contributed by atoms with E-state index in [1.54, 1.807) is 0 Å². The molecule has 7 unspecified atom stereocenters. The fourth-order valence-corrected chi connectivity index (χ4v) is 7.61. The second-order valence-corrected chi connectivity index (χ2v) is 10.2. The molecule has 2 nitrogen and oxygen atoms in total. The summed E-state index contributed by atoms with van der Waals surface area (Å²) >= 11 is 0. The van der Waals surface area contributed by atoms with E-state index in [0.29, 0.717) is 12.0 Å². The smallest absolute Gasteiger partial charge is 0.137 e. The molecule has 0 aromatic rings. The highest BCUT2D eigenvalue weighted by Gasteiger charge is 2.64. The Hall–Kier alpha value is -0.240. The average Bonchev–Trinajstić information content (AvgIpc) is 2.78. The molecule has 0 heterocycles. The Morgan fingerprint density at radius 3 is 2.30 bits per heavy atom. The lowest BCUT2D eigenvalue weighted by Crippen LogP contribution is -2.58. The Morgan fingerprint density at radius 2 is 1.67 bits per heavy atom. The highest BCUT2D eigenvalue weighted by Crippen LogP contribution is 2.74. The minimum atomic E-state index is -1.63. The van der Waals surface area contributed by atoms with Gasteiger partial charge < -0.3 is 5.11 Å². The van der Waals surface area contributed by atoms with Crippen LogP contribution in [0.4, 0.5) is 0 Å². The Morgan fingerprint density at radius 1 is 1.04 bits per heavy atom. The van der Waals surface area contributed by atoms with Gasteiger partial charge in [-0.2, -0.15) is 0 Å². The lowest BCUT2D eigenvalue weighted by molar-refractivity contribution is -0.118. The van der Waals surface area contributed by atoms with E-state index in [2.05, 4.69) is 13.8 Å². The third kappa shape index (κ3) is 2.47. The van der Waals surface area contributed by atoms with E-state index in [-0.39, 0.29) is 47.1 Å². The number of Topliss-reactive ketones (excluding diaryl/α,β-unsaturated/α-hetero) is 1. The summed E-state index contributed by atoms with van der Waals surface area (Å²) in [7, 11) is 38.5. The molecule has 12 radical (unpaired) electrons. The van der Waals surface area contributed by atoms with Crippen LogP contribution >= 0.6 is 0 Å². The standard InChI is InChI=1S/C19H22B6O2/c1-8-5-16(2)10(3-4-11(16)26)9-6-18(22,23)14-13(20)15(27)19(24,25)7-17(14,21)12(8)9/h8-12,26H,3-7H2,1-2H3. The Kier molecular flexibility index (Phi) is 4.21. The molecule has 4 rings (SSSR count). The quantitative estimate of drug-likeness (QED) is 0.666. The van der Waals surface area contributed by atoms with Crippen LogP contribution in [-0.4, -0.2) is 64.1 Å². The molecule has 0 spiro atoms. The van der Waals surface area contributed by atoms with Gasteiger partial charge in [-0.25, -0.2) is 0 Å². The number of rotatable bonds is 0. The Balaban J connectivity index is 1.90. The topological polar surface area (TPSA) is 37.3 Å². The zero-order chi connectivity index (χ0) is 20.2. The lowest BCUT2D eigenvalue weighted by atomic mass is 9.24. The minimum Gasteiger partial charge on any atom is -0.393 e. The first kappa shape index (κ1) is 20.0. The maximum atomic E-state index is 12.6. The van der Waals surface area contributed by atoms with Crippen molar-refractivity contribution in [3.63, 3.8) is 0 Å². The first-order valence-corrected chi connectivity index (χ1v) is 9.93. The predicted octanol–water partition coefficient (Wildman–Crippen LogP) is 1.07. The fraction of sp³-hybridized carbons (Fsp3) is 0.842. The third-order valence-electron chi connectivity index (χ3n) is 8.33. The average molecular weight is 347 g/mol. The number of hydrogen-bond donors (Lipinski definition) is 1. The van der Waals surface area contributed by atoms with Crippen molar-refractivity contribution in [3.05, 3.63) is 11.0 Å². The summed E-state index contributed by atoms with van der Waals surface area (Å²) in [5.41, 5.74) is 0.179. The summed E-state index contributed by atoms with van der Waals surface area (Å²) in [5.74, 6) is 0.0513. The Bertz CT molecular complexity index is 734. The zero-order valence-electron chi connectivity index (χ0n) is 16.2. The summed E-state index contributed by atoms with van der Waals surface area (Å²) in [6.45, 7) is 4.32. The molecule has 8 heteroatoms. The highest BCUT2D eigenvalue weighted by atomic mass is 16.3. The van der Waals surface area contributed by atoms with Crippen LogP contribution in [-0.2, 0) is 4.79 Å². The van der Waals surface area contributed by atoms with E-state index >= 15 is 0 Å². The van der Waals surface area contributed by atoms with Crippen LogP contribution in [0.5, 0.6) is 0 Å². The molecule has 27 heavy (non-hydrogen) atoms. The van der Waals surface area contributed by atoms with Gasteiger partial charge in [-0.15, -0.1) is 0 Å². The number of aliphatic hydroxyl groups excluding tert-OH is 1. The number of allylic oxidation sites excluding steroid dienone is 1. The van der Waals surface area contributed by atoms with E-state index in [0.717, 1.165) is 19.3 Å². The number of hydrogen-bond acceptors (Lipinski definition) is 2. The fourth-order valence-electron chi connectivity index (χ4n) is 7.61. The van der Waals surface area contributed by atoms with Crippen molar-refractivity contribution in [2.24, 2.45) is 29.1 Å². The van der Waals surface area contributed by atoms with Gasteiger partial charge in [0.15, 0.2) is 0 Å². The molecular weight excluding hydrogens is 325 g/mol. The molecule has 128 valence electrons. The summed E-state index contributed by atoms with van der Waals surface area (Å²) in [6, 6.07) is 0. The van der Waals surface area contributed by atoms with Gasteiger partial charge in [0.2, 0.25) is 0 Å². The van der Waals surface area contributed by atoms with Crippen molar-refractivity contribution in [1.29, 1.82) is 0 Å². The maximum absolute atomic E-state index is 12.6. The number of fused-ring (bicyclic) bond motifs is 5. The van der Waals surface area contributed by atoms with Gasteiger partial charge in [0, 0.05) is 0 Å². The highest BCUT2D eigenvalue weighted by molar-refractivity contribution is 6.59. The molecular formula is C19H22B6O2. The number of carbonyl (C=O) groups excluding carboxylic acids is 1. The predicted molar refractivity (Wildman–Crippen MR) is 111 cm³/mol.